The Labute approximate surface area is 171 Å². The predicted molar refractivity (Wildman–Crippen MR) is 115 cm³/mol. The number of nitrogens with zero attached hydrogens (tertiary/aromatic N) is 4. The molecule has 0 aliphatic carbocycles. The Bertz CT molecular complexity index is 1090. The molecule has 2 aromatic heterocycles. The minimum Gasteiger partial charge on any atom is -0.441 e. The first-order valence-electron chi connectivity index (χ1n) is 9.79. The maximum Gasteiger partial charge on any atom is 0.226 e. The Morgan fingerprint density at radius 3 is 2.21 bits per heavy atom. The highest BCUT2D eigenvalue weighted by Crippen LogP contribution is 2.26. The summed E-state index contributed by atoms with van der Waals surface area (Å²) in [5, 5.41) is 4.42. The van der Waals surface area contributed by atoms with Gasteiger partial charge in [0.15, 0.2) is 0 Å². The first-order chi connectivity index (χ1) is 14.0. The van der Waals surface area contributed by atoms with E-state index in [2.05, 4.69) is 71.8 Å². The van der Waals surface area contributed by atoms with Crippen LogP contribution in [0.25, 0.3) is 22.6 Å². The number of benzene rings is 2. The van der Waals surface area contributed by atoms with Crippen LogP contribution in [0.3, 0.4) is 0 Å². The average Bonchev–Trinajstić information content (AvgIpc) is 3.23. The van der Waals surface area contributed by atoms with Gasteiger partial charge < -0.3 is 4.42 Å². The molecule has 148 valence electrons. The third kappa shape index (κ3) is 4.30. The summed E-state index contributed by atoms with van der Waals surface area (Å²) in [6.07, 6.45) is 2.07. The highest BCUT2D eigenvalue weighted by molar-refractivity contribution is 5.67. The molecule has 5 heteroatoms. The molecular formula is C24H26N4O. The van der Waals surface area contributed by atoms with Gasteiger partial charge in [0.05, 0.1) is 11.4 Å². The van der Waals surface area contributed by atoms with Gasteiger partial charge >= 0.3 is 0 Å². The van der Waals surface area contributed by atoms with Gasteiger partial charge in [-0.1, -0.05) is 42.5 Å². The lowest BCUT2D eigenvalue weighted by Gasteiger charge is -2.14. The number of aryl methyl sites for hydroxylation is 3. The van der Waals surface area contributed by atoms with Gasteiger partial charge in [-0.15, -0.1) is 0 Å². The van der Waals surface area contributed by atoms with E-state index in [-0.39, 0.29) is 0 Å². The van der Waals surface area contributed by atoms with Crippen molar-refractivity contribution in [1.82, 2.24) is 19.7 Å². The van der Waals surface area contributed by atoms with Crippen LogP contribution in [0.2, 0.25) is 0 Å². The van der Waals surface area contributed by atoms with E-state index >= 15 is 0 Å². The minimum atomic E-state index is 0.670. The molecule has 29 heavy (non-hydrogen) atoms. The molecule has 0 bridgehead atoms. The molecule has 0 spiro atoms. The van der Waals surface area contributed by atoms with Crippen LogP contribution in [-0.4, -0.2) is 26.7 Å². The van der Waals surface area contributed by atoms with Crippen LogP contribution in [-0.2, 0) is 20.1 Å². The monoisotopic (exact) mass is 386 g/mol. The van der Waals surface area contributed by atoms with Gasteiger partial charge in [-0.25, -0.2) is 4.98 Å². The molecule has 0 N–H and O–H groups in total. The van der Waals surface area contributed by atoms with Gasteiger partial charge in [-0.05, 0) is 44.2 Å². The third-order valence-corrected chi connectivity index (χ3v) is 5.11. The number of rotatable bonds is 6. The summed E-state index contributed by atoms with van der Waals surface area (Å²) in [6.45, 7) is 5.58. The Hall–Kier alpha value is -3.18. The van der Waals surface area contributed by atoms with Crippen molar-refractivity contribution in [3.63, 3.8) is 0 Å². The predicted octanol–water partition coefficient (Wildman–Crippen LogP) is 4.99. The van der Waals surface area contributed by atoms with Gasteiger partial charge in [0, 0.05) is 37.5 Å². The molecule has 0 fully saturated rings. The standard InChI is InChI=1S/C24H26N4O/c1-17-22(15-28(4)26-17)14-27(3)16-23-18(2)29-24(25-23)21-12-10-20(11-13-21)19-8-6-5-7-9-19/h5-13,15H,14,16H2,1-4H3. The van der Waals surface area contributed by atoms with Gasteiger partial charge in [-0.2, -0.15) is 5.10 Å². The summed E-state index contributed by atoms with van der Waals surface area (Å²) in [6, 6.07) is 18.7. The molecule has 0 aliphatic heterocycles. The third-order valence-electron chi connectivity index (χ3n) is 5.11. The second-order valence-electron chi connectivity index (χ2n) is 7.55. The fraction of sp³-hybridized carbons (Fsp3) is 0.250. The van der Waals surface area contributed by atoms with E-state index in [0.717, 1.165) is 35.8 Å². The summed E-state index contributed by atoms with van der Waals surface area (Å²) in [5.41, 5.74) is 6.64. The summed E-state index contributed by atoms with van der Waals surface area (Å²) >= 11 is 0. The maximum absolute atomic E-state index is 5.97. The van der Waals surface area contributed by atoms with Crippen LogP contribution in [0.4, 0.5) is 0 Å². The minimum absolute atomic E-state index is 0.670. The maximum atomic E-state index is 5.97. The topological polar surface area (TPSA) is 47.1 Å². The first kappa shape index (κ1) is 19.2. The van der Waals surface area contributed by atoms with Gasteiger partial charge in [0.2, 0.25) is 5.89 Å². The summed E-state index contributed by atoms with van der Waals surface area (Å²) < 4.78 is 7.83. The molecule has 5 nitrogen and oxygen atoms in total. The van der Waals surface area contributed by atoms with Crippen molar-refractivity contribution in [3.05, 3.63) is 83.5 Å². The van der Waals surface area contributed by atoms with Crippen LogP contribution in [0.15, 0.2) is 65.2 Å². The zero-order chi connectivity index (χ0) is 20.4. The summed E-state index contributed by atoms with van der Waals surface area (Å²) in [7, 11) is 4.04. The van der Waals surface area contributed by atoms with Crippen molar-refractivity contribution < 1.29 is 4.42 Å². The largest absolute Gasteiger partial charge is 0.441 e. The zero-order valence-electron chi connectivity index (χ0n) is 17.4. The van der Waals surface area contributed by atoms with Crippen molar-refractivity contribution in [3.8, 4) is 22.6 Å². The second kappa shape index (κ2) is 8.05. The molecule has 0 atom stereocenters. The fourth-order valence-electron chi connectivity index (χ4n) is 3.54. The van der Waals surface area contributed by atoms with Gasteiger partial charge in [0.25, 0.3) is 0 Å². The van der Waals surface area contributed by atoms with E-state index in [1.807, 2.05) is 31.6 Å². The Kier molecular flexibility index (Phi) is 5.32. The molecule has 0 radical (unpaired) electrons. The van der Waals surface area contributed by atoms with Crippen molar-refractivity contribution in [1.29, 1.82) is 0 Å². The average molecular weight is 386 g/mol. The van der Waals surface area contributed by atoms with E-state index in [1.165, 1.54) is 16.7 Å². The van der Waals surface area contributed by atoms with Crippen molar-refractivity contribution in [2.75, 3.05) is 7.05 Å². The zero-order valence-corrected chi connectivity index (χ0v) is 17.4. The van der Waals surface area contributed by atoms with E-state index in [4.69, 9.17) is 9.40 Å². The SMILES string of the molecule is Cc1nn(C)cc1CN(C)Cc1nc(-c2ccc(-c3ccccc3)cc2)oc1C. The normalized spacial score (nSPS) is 11.3. The van der Waals surface area contributed by atoms with Gasteiger partial charge in [0.1, 0.15) is 5.76 Å². The highest BCUT2D eigenvalue weighted by atomic mass is 16.4. The lowest BCUT2D eigenvalue weighted by Crippen LogP contribution is -2.18. The molecule has 2 aromatic carbocycles. The first-order valence-corrected chi connectivity index (χ1v) is 9.79. The quantitative estimate of drug-likeness (QED) is 0.468. The van der Waals surface area contributed by atoms with Crippen LogP contribution in [0.1, 0.15) is 22.7 Å². The molecule has 4 rings (SSSR count). The smallest absolute Gasteiger partial charge is 0.226 e. The van der Waals surface area contributed by atoms with Crippen LogP contribution in [0.5, 0.6) is 0 Å². The van der Waals surface area contributed by atoms with Crippen molar-refractivity contribution in [2.24, 2.45) is 7.05 Å². The Balaban J connectivity index is 1.48. The second-order valence-corrected chi connectivity index (χ2v) is 7.55. The molecule has 4 aromatic rings. The van der Waals surface area contributed by atoms with E-state index in [0.29, 0.717) is 5.89 Å². The van der Waals surface area contributed by atoms with Gasteiger partial charge in [-0.3, -0.25) is 9.58 Å². The van der Waals surface area contributed by atoms with Crippen LogP contribution < -0.4 is 0 Å². The summed E-state index contributed by atoms with van der Waals surface area (Å²) in [4.78, 5) is 7.00. The molecule has 0 aliphatic rings. The molecular weight excluding hydrogens is 360 g/mol. The lowest BCUT2D eigenvalue weighted by atomic mass is 10.0. The van der Waals surface area contributed by atoms with E-state index in [1.54, 1.807) is 0 Å². The summed E-state index contributed by atoms with van der Waals surface area (Å²) in [5.74, 6) is 1.53. The number of aromatic nitrogens is 3. The molecule has 0 amide bonds. The fourth-order valence-corrected chi connectivity index (χ4v) is 3.54. The number of hydrogen-bond donors (Lipinski definition) is 0. The van der Waals surface area contributed by atoms with Crippen LogP contribution in [0, 0.1) is 13.8 Å². The molecule has 0 unspecified atom stereocenters. The number of hydrogen-bond acceptors (Lipinski definition) is 4. The highest BCUT2D eigenvalue weighted by Gasteiger charge is 2.15. The van der Waals surface area contributed by atoms with Crippen LogP contribution >= 0.6 is 0 Å². The number of oxazole rings is 1. The van der Waals surface area contributed by atoms with Crippen molar-refractivity contribution >= 4 is 0 Å². The Morgan fingerprint density at radius 2 is 1.55 bits per heavy atom. The molecule has 0 saturated carbocycles. The van der Waals surface area contributed by atoms with E-state index < -0.39 is 0 Å². The van der Waals surface area contributed by atoms with E-state index in [9.17, 15) is 0 Å². The van der Waals surface area contributed by atoms with Crippen molar-refractivity contribution in [2.45, 2.75) is 26.9 Å². The lowest BCUT2D eigenvalue weighted by molar-refractivity contribution is 0.312. The molecule has 2 heterocycles. The Morgan fingerprint density at radius 1 is 0.897 bits per heavy atom. The molecule has 0 saturated heterocycles.